The minimum atomic E-state index is 0. The van der Waals surface area contributed by atoms with Gasteiger partial charge >= 0.3 is 0 Å². The highest BCUT2D eigenvalue weighted by atomic mass is 35.5. The number of rotatable bonds is 2. The van der Waals surface area contributed by atoms with Gasteiger partial charge in [-0.05, 0) is 43.4 Å². The summed E-state index contributed by atoms with van der Waals surface area (Å²) in [5, 5.41) is 0. The molecule has 1 amide bonds. The molecule has 110 valence electrons. The van der Waals surface area contributed by atoms with Gasteiger partial charge in [-0.15, -0.1) is 12.4 Å². The Labute approximate surface area is 122 Å². The van der Waals surface area contributed by atoms with Gasteiger partial charge in [0.2, 0.25) is 5.91 Å². The molecule has 3 nitrogen and oxygen atoms in total. The lowest BCUT2D eigenvalue weighted by Crippen LogP contribution is -2.38. The first-order valence-electron chi connectivity index (χ1n) is 7.77. The number of carbonyl (C=O) groups is 1. The fraction of sp³-hybridized carbons (Fsp3) is 0.933. The van der Waals surface area contributed by atoms with Crippen molar-refractivity contribution in [3.8, 4) is 0 Å². The lowest BCUT2D eigenvalue weighted by molar-refractivity contribution is -0.131. The van der Waals surface area contributed by atoms with Crippen molar-refractivity contribution in [3.05, 3.63) is 0 Å². The second-order valence-corrected chi connectivity index (χ2v) is 6.66. The average Bonchev–Trinajstić information content (AvgIpc) is 2.92. The standard InChI is InChI=1S/C15H26N2O.ClH/c16-14-7-2-1-4-11(14)8-15(18)17-9-12-5-3-6-13(12)10-17;/h11-14H,1-10,16H2;1H. The Morgan fingerprint density at radius 2 is 1.63 bits per heavy atom. The van der Waals surface area contributed by atoms with Gasteiger partial charge in [0.05, 0.1) is 0 Å². The van der Waals surface area contributed by atoms with Gasteiger partial charge < -0.3 is 10.6 Å². The van der Waals surface area contributed by atoms with Gasteiger partial charge in [0.1, 0.15) is 0 Å². The van der Waals surface area contributed by atoms with Crippen LogP contribution in [0.25, 0.3) is 0 Å². The number of hydrogen-bond acceptors (Lipinski definition) is 2. The highest BCUT2D eigenvalue weighted by Crippen LogP contribution is 2.38. The van der Waals surface area contributed by atoms with Crippen LogP contribution in [0.1, 0.15) is 51.4 Å². The maximum atomic E-state index is 12.4. The molecule has 0 aromatic heterocycles. The number of carbonyl (C=O) groups excluding carboxylic acids is 1. The zero-order chi connectivity index (χ0) is 12.5. The minimum absolute atomic E-state index is 0. The van der Waals surface area contributed by atoms with Crippen molar-refractivity contribution in [3.63, 3.8) is 0 Å². The van der Waals surface area contributed by atoms with Crippen molar-refractivity contribution in [2.75, 3.05) is 13.1 Å². The summed E-state index contributed by atoms with van der Waals surface area (Å²) in [6.07, 6.45) is 9.56. The highest BCUT2D eigenvalue weighted by Gasteiger charge is 2.38. The molecule has 2 saturated carbocycles. The van der Waals surface area contributed by atoms with E-state index >= 15 is 0 Å². The van der Waals surface area contributed by atoms with Crippen molar-refractivity contribution >= 4 is 18.3 Å². The molecule has 4 atom stereocenters. The summed E-state index contributed by atoms with van der Waals surface area (Å²) < 4.78 is 0. The number of halogens is 1. The molecule has 4 unspecified atom stereocenters. The average molecular weight is 287 g/mol. The third kappa shape index (κ3) is 3.25. The largest absolute Gasteiger partial charge is 0.342 e. The predicted octanol–water partition coefficient (Wildman–Crippen LogP) is 2.57. The zero-order valence-electron chi connectivity index (χ0n) is 11.7. The van der Waals surface area contributed by atoms with Gasteiger partial charge in [-0.2, -0.15) is 0 Å². The molecule has 1 heterocycles. The normalized spacial score (nSPS) is 37.8. The molecule has 3 aliphatic rings. The molecule has 19 heavy (non-hydrogen) atoms. The molecule has 3 fully saturated rings. The molecular formula is C15H27ClN2O. The van der Waals surface area contributed by atoms with Crippen LogP contribution in [0, 0.1) is 17.8 Å². The van der Waals surface area contributed by atoms with Crippen LogP contribution < -0.4 is 5.73 Å². The van der Waals surface area contributed by atoms with Crippen molar-refractivity contribution in [1.82, 2.24) is 4.90 Å². The van der Waals surface area contributed by atoms with Crippen molar-refractivity contribution in [1.29, 1.82) is 0 Å². The molecule has 0 aromatic rings. The number of fused-ring (bicyclic) bond motifs is 1. The summed E-state index contributed by atoms with van der Waals surface area (Å²) in [5.41, 5.74) is 6.15. The van der Waals surface area contributed by atoms with Gasteiger partial charge in [-0.25, -0.2) is 0 Å². The SMILES string of the molecule is Cl.NC1CCCCC1CC(=O)N1CC2CCCC2C1. The van der Waals surface area contributed by atoms with Crippen molar-refractivity contribution < 1.29 is 4.79 Å². The van der Waals surface area contributed by atoms with Crippen LogP contribution in [0.4, 0.5) is 0 Å². The quantitative estimate of drug-likeness (QED) is 0.848. The lowest BCUT2D eigenvalue weighted by atomic mass is 9.83. The molecular weight excluding hydrogens is 260 g/mol. The number of nitrogens with zero attached hydrogens (tertiary/aromatic N) is 1. The summed E-state index contributed by atoms with van der Waals surface area (Å²) in [4.78, 5) is 14.5. The van der Waals surface area contributed by atoms with E-state index in [0.717, 1.165) is 37.8 Å². The predicted molar refractivity (Wildman–Crippen MR) is 79.2 cm³/mol. The van der Waals surface area contributed by atoms with E-state index in [0.29, 0.717) is 18.2 Å². The Bertz CT molecular complexity index is 311. The Kier molecular flexibility index (Phi) is 5.13. The molecule has 0 radical (unpaired) electrons. The molecule has 0 aromatic carbocycles. The molecule has 3 rings (SSSR count). The van der Waals surface area contributed by atoms with Crippen molar-refractivity contribution in [2.24, 2.45) is 23.5 Å². The second kappa shape index (κ2) is 6.45. The highest BCUT2D eigenvalue weighted by molar-refractivity contribution is 5.85. The van der Waals surface area contributed by atoms with Crippen LogP contribution in [0.15, 0.2) is 0 Å². The van der Waals surface area contributed by atoms with Crippen LogP contribution in [0.3, 0.4) is 0 Å². The third-order valence-corrected chi connectivity index (χ3v) is 5.48. The first kappa shape index (κ1) is 15.1. The van der Waals surface area contributed by atoms with Crippen LogP contribution in [0.2, 0.25) is 0 Å². The van der Waals surface area contributed by atoms with Gasteiger partial charge in [0, 0.05) is 25.6 Å². The number of likely N-dealkylation sites (tertiary alicyclic amines) is 1. The monoisotopic (exact) mass is 286 g/mol. The van der Waals surface area contributed by atoms with Crippen molar-refractivity contribution in [2.45, 2.75) is 57.4 Å². The van der Waals surface area contributed by atoms with E-state index in [1.165, 1.54) is 32.1 Å². The summed E-state index contributed by atoms with van der Waals surface area (Å²) in [5.74, 6) is 2.46. The smallest absolute Gasteiger partial charge is 0.222 e. The molecule has 4 heteroatoms. The summed E-state index contributed by atoms with van der Waals surface area (Å²) >= 11 is 0. The fourth-order valence-corrected chi connectivity index (χ4v) is 4.28. The number of nitrogens with two attached hydrogens (primary N) is 1. The Morgan fingerprint density at radius 1 is 1.00 bits per heavy atom. The van der Waals surface area contributed by atoms with E-state index in [-0.39, 0.29) is 18.4 Å². The van der Waals surface area contributed by atoms with Crippen LogP contribution in [-0.2, 0) is 4.79 Å². The maximum Gasteiger partial charge on any atom is 0.222 e. The fourth-order valence-electron chi connectivity index (χ4n) is 4.28. The second-order valence-electron chi connectivity index (χ2n) is 6.66. The Balaban J connectivity index is 0.00000133. The van der Waals surface area contributed by atoms with E-state index in [1.807, 2.05) is 0 Å². The Hall–Kier alpha value is -0.280. The molecule has 0 bridgehead atoms. The number of hydrogen-bond donors (Lipinski definition) is 1. The molecule has 0 spiro atoms. The first-order chi connectivity index (χ1) is 8.74. The first-order valence-corrected chi connectivity index (χ1v) is 7.77. The minimum Gasteiger partial charge on any atom is -0.342 e. The van der Waals surface area contributed by atoms with Gasteiger partial charge in [0.15, 0.2) is 0 Å². The molecule has 2 aliphatic carbocycles. The maximum absolute atomic E-state index is 12.4. The summed E-state index contributed by atoms with van der Waals surface area (Å²) in [6, 6.07) is 0.268. The van der Waals surface area contributed by atoms with E-state index in [4.69, 9.17) is 5.73 Å². The summed E-state index contributed by atoms with van der Waals surface area (Å²) in [6.45, 7) is 2.07. The molecule has 1 aliphatic heterocycles. The van der Waals surface area contributed by atoms with Gasteiger partial charge in [0.25, 0.3) is 0 Å². The van der Waals surface area contributed by atoms with Gasteiger partial charge in [-0.1, -0.05) is 19.3 Å². The van der Waals surface area contributed by atoms with E-state index in [9.17, 15) is 4.79 Å². The van der Waals surface area contributed by atoms with Gasteiger partial charge in [-0.3, -0.25) is 4.79 Å². The summed E-state index contributed by atoms with van der Waals surface area (Å²) in [7, 11) is 0. The van der Waals surface area contributed by atoms with E-state index < -0.39 is 0 Å². The molecule has 2 N–H and O–H groups in total. The molecule has 1 saturated heterocycles. The van der Waals surface area contributed by atoms with E-state index in [1.54, 1.807) is 0 Å². The van der Waals surface area contributed by atoms with Crippen LogP contribution in [-0.4, -0.2) is 29.9 Å². The zero-order valence-corrected chi connectivity index (χ0v) is 12.5. The lowest BCUT2D eigenvalue weighted by Gasteiger charge is -2.29. The topological polar surface area (TPSA) is 46.3 Å². The number of amides is 1. The van der Waals surface area contributed by atoms with E-state index in [2.05, 4.69) is 4.90 Å². The van der Waals surface area contributed by atoms with Crippen LogP contribution in [0.5, 0.6) is 0 Å². The Morgan fingerprint density at radius 3 is 2.26 bits per heavy atom. The third-order valence-electron chi connectivity index (χ3n) is 5.48. The van der Waals surface area contributed by atoms with Crippen LogP contribution >= 0.6 is 12.4 Å².